The molecule has 1 aromatic heterocycles. The van der Waals surface area contributed by atoms with Crippen LogP contribution in [0.15, 0.2) is 30.3 Å². The number of aromatic nitrogens is 3. The quantitative estimate of drug-likeness (QED) is 0.347. The number of hydrogen-bond acceptors (Lipinski definition) is 3. The highest BCUT2D eigenvalue weighted by Crippen LogP contribution is 2.46. The van der Waals surface area contributed by atoms with Crippen molar-refractivity contribution in [3.8, 4) is 11.4 Å². The number of rotatable bonds is 1. The summed E-state index contributed by atoms with van der Waals surface area (Å²) in [5.41, 5.74) is 0.908. The smallest absolute Gasteiger partial charge is 0.194 e. The average molecular weight is 659 g/mol. The minimum Gasteiger partial charge on any atom is -0.211 e. The van der Waals surface area contributed by atoms with Gasteiger partial charge in [0.1, 0.15) is 0 Å². The van der Waals surface area contributed by atoms with Gasteiger partial charge >= 0.3 is 0 Å². The van der Waals surface area contributed by atoms with Crippen LogP contribution in [0.5, 0.6) is 0 Å². The molecule has 0 aliphatic carbocycles. The molecule has 0 radical (unpaired) electrons. The van der Waals surface area contributed by atoms with E-state index in [1.54, 1.807) is 0 Å². The lowest BCUT2D eigenvalue weighted by molar-refractivity contribution is 0.893. The van der Waals surface area contributed by atoms with E-state index < -0.39 is 4.29 Å². The lowest BCUT2D eigenvalue weighted by Crippen LogP contribution is -2.15. The number of halogens is 6. The zero-order valence-corrected chi connectivity index (χ0v) is 19.0. The zero-order valence-electron chi connectivity index (χ0n) is 9.50. The second-order valence-electron chi connectivity index (χ2n) is 3.67. The summed E-state index contributed by atoms with van der Waals surface area (Å²) in [5.74, 6) is 1.59. The van der Waals surface area contributed by atoms with Crippen LogP contribution in [0.4, 0.5) is 0 Å². The molecular weight excluding hydrogens is 654 g/mol. The van der Waals surface area contributed by atoms with Crippen molar-refractivity contribution in [2.45, 2.75) is 4.29 Å². The molecule has 0 N–H and O–H groups in total. The number of alkyl halides is 6. The predicted octanol–water partition coefficient (Wildman–Crippen LogP) is 6.13. The van der Waals surface area contributed by atoms with Crippen molar-refractivity contribution in [3.05, 3.63) is 42.0 Å². The van der Waals surface area contributed by atoms with Crippen molar-refractivity contribution in [2.24, 2.45) is 0 Å². The number of hydrogen-bond donors (Lipinski definition) is 0. The molecule has 1 aromatic carbocycles. The van der Waals surface area contributed by atoms with Crippen LogP contribution in [-0.4, -0.2) is 15.0 Å². The van der Waals surface area contributed by atoms with Gasteiger partial charge < -0.3 is 0 Å². The molecule has 20 heavy (non-hydrogen) atoms. The molecule has 106 valence electrons. The Kier molecular flexibility index (Phi) is 5.85. The summed E-state index contributed by atoms with van der Waals surface area (Å²) < 4.78 is -1.43. The Bertz CT molecular complexity index is 574. The molecule has 0 saturated carbocycles. The van der Waals surface area contributed by atoms with Gasteiger partial charge in [-0.05, 0) is 0 Å². The first-order valence-corrected chi connectivity index (χ1v) is 9.89. The summed E-state index contributed by atoms with van der Waals surface area (Å²) in [6.45, 7) is 0. The van der Waals surface area contributed by atoms with E-state index in [2.05, 4.69) is 111 Å². The third-order valence-electron chi connectivity index (χ3n) is 2.17. The van der Waals surface area contributed by atoms with Gasteiger partial charge in [-0.2, -0.15) is 0 Å². The summed E-state index contributed by atoms with van der Waals surface area (Å²) in [6, 6.07) is 9.71. The summed E-state index contributed by atoms with van der Waals surface area (Å²) in [4.78, 5) is 13.3. The van der Waals surface area contributed by atoms with Gasteiger partial charge in [0.25, 0.3) is 0 Å². The summed E-state index contributed by atoms with van der Waals surface area (Å²) in [6.07, 6.45) is 0. The van der Waals surface area contributed by atoms with Crippen LogP contribution < -0.4 is 0 Å². The molecule has 0 bridgehead atoms. The van der Waals surface area contributed by atoms with Gasteiger partial charge in [0.15, 0.2) is 21.8 Å². The molecule has 0 saturated heterocycles. The SMILES string of the molecule is BrC(Br)(Br)c1nc(-c2ccccc2)nc(C(Br)(Br)Br)n1. The van der Waals surface area contributed by atoms with Crippen molar-refractivity contribution in [3.63, 3.8) is 0 Å². The van der Waals surface area contributed by atoms with E-state index in [9.17, 15) is 0 Å². The molecular formula is C11H5Br6N3. The van der Waals surface area contributed by atoms with Gasteiger partial charge in [0.2, 0.25) is 0 Å². The van der Waals surface area contributed by atoms with Crippen molar-refractivity contribution < 1.29 is 0 Å². The topological polar surface area (TPSA) is 38.7 Å². The van der Waals surface area contributed by atoms with E-state index in [4.69, 9.17) is 0 Å². The van der Waals surface area contributed by atoms with Crippen LogP contribution in [-0.2, 0) is 4.29 Å². The standard InChI is InChI=1S/C11H5Br6N3/c12-10(13,14)8-18-7(6-4-2-1-3-5-6)19-9(20-8)11(15,16)17/h1-5H. The van der Waals surface area contributed by atoms with Crippen LogP contribution in [0.25, 0.3) is 11.4 Å². The summed E-state index contributed by atoms with van der Waals surface area (Å²) in [5, 5.41) is 0. The second-order valence-corrected chi connectivity index (χ2v) is 17.2. The summed E-state index contributed by atoms with van der Waals surface area (Å²) in [7, 11) is 0. The van der Waals surface area contributed by atoms with Gasteiger partial charge in [0, 0.05) is 5.56 Å². The molecule has 0 aliphatic heterocycles. The highest BCUT2D eigenvalue weighted by atomic mass is 80.0. The fraction of sp³-hybridized carbons (Fsp3) is 0.182. The monoisotopic (exact) mass is 653 g/mol. The highest BCUT2D eigenvalue weighted by molar-refractivity contribution is 9.39. The minimum absolute atomic E-state index is 0.504. The Morgan fingerprint density at radius 3 is 1.50 bits per heavy atom. The van der Waals surface area contributed by atoms with Gasteiger partial charge in [0.05, 0.1) is 0 Å². The van der Waals surface area contributed by atoms with Crippen LogP contribution >= 0.6 is 95.6 Å². The van der Waals surface area contributed by atoms with Crippen molar-refractivity contribution in [1.82, 2.24) is 15.0 Å². The Morgan fingerprint density at radius 1 is 0.650 bits per heavy atom. The van der Waals surface area contributed by atoms with Crippen molar-refractivity contribution >= 4 is 95.6 Å². The van der Waals surface area contributed by atoms with Gasteiger partial charge in [-0.3, -0.25) is 0 Å². The Hall–Kier alpha value is 1.11. The molecule has 9 heteroatoms. The fourth-order valence-electron chi connectivity index (χ4n) is 1.35. The molecule has 0 aliphatic rings. The predicted molar refractivity (Wildman–Crippen MR) is 102 cm³/mol. The third-order valence-corrected chi connectivity index (χ3v) is 4.30. The first-order valence-electron chi connectivity index (χ1n) is 5.14. The number of nitrogens with zero attached hydrogens (tertiary/aromatic N) is 3. The third kappa shape index (κ3) is 4.55. The van der Waals surface area contributed by atoms with Gasteiger partial charge in [-0.1, -0.05) is 126 Å². The van der Waals surface area contributed by atoms with E-state index in [1.165, 1.54) is 0 Å². The van der Waals surface area contributed by atoms with Crippen LogP contribution in [0.3, 0.4) is 0 Å². The lowest BCUT2D eigenvalue weighted by atomic mass is 10.2. The van der Waals surface area contributed by atoms with E-state index in [1.807, 2.05) is 30.3 Å². The molecule has 0 spiro atoms. The van der Waals surface area contributed by atoms with Gasteiger partial charge in [-0.25, -0.2) is 15.0 Å². The maximum absolute atomic E-state index is 4.46. The second kappa shape index (κ2) is 6.70. The van der Waals surface area contributed by atoms with E-state index in [0.29, 0.717) is 17.5 Å². The molecule has 0 atom stereocenters. The van der Waals surface area contributed by atoms with E-state index in [0.717, 1.165) is 5.56 Å². The zero-order chi connectivity index (χ0) is 15.0. The summed E-state index contributed by atoms with van der Waals surface area (Å²) >= 11 is 20.6. The molecule has 3 nitrogen and oxygen atoms in total. The molecule has 1 heterocycles. The lowest BCUT2D eigenvalue weighted by Gasteiger charge is -2.16. The molecule has 0 fully saturated rings. The maximum Gasteiger partial charge on any atom is 0.194 e. The molecule has 0 amide bonds. The molecule has 0 unspecified atom stereocenters. The van der Waals surface area contributed by atoms with E-state index in [-0.39, 0.29) is 0 Å². The first-order chi connectivity index (χ1) is 9.18. The normalized spacial score (nSPS) is 12.5. The molecule has 2 aromatic rings. The minimum atomic E-state index is -0.716. The fourth-order valence-corrected chi connectivity index (χ4v) is 2.41. The Balaban J connectivity index is 2.64. The van der Waals surface area contributed by atoms with Crippen LogP contribution in [0.2, 0.25) is 0 Å². The van der Waals surface area contributed by atoms with Crippen LogP contribution in [0, 0.1) is 0 Å². The van der Waals surface area contributed by atoms with Crippen LogP contribution in [0.1, 0.15) is 11.6 Å². The Morgan fingerprint density at radius 2 is 1.10 bits per heavy atom. The maximum atomic E-state index is 4.46. The first kappa shape index (κ1) is 17.5. The van der Waals surface area contributed by atoms with Crippen molar-refractivity contribution in [1.29, 1.82) is 0 Å². The highest BCUT2D eigenvalue weighted by Gasteiger charge is 2.31. The average Bonchev–Trinajstić information content (AvgIpc) is 2.37. The largest absolute Gasteiger partial charge is 0.211 e. The van der Waals surface area contributed by atoms with Gasteiger partial charge in [-0.15, -0.1) is 0 Å². The van der Waals surface area contributed by atoms with Crippen molar-refractivity contribution in [2.75, 3.05) is 0 Å². The molecule has 2 rings (SSSR count). The van der Waals surface area contributed by atoms with E-state index >= 15 is 0 Å². The number of benzene rings is 1. The Labute approximate surface area is 166 Å².